The fourth-order valence-electron chi connectivity index (χ4n) is 2.59. The van der Waals surface area contributed by atoms with Crippen LogP contribution in [0.3, 0.4) is 0 Å². The molecule has 1 fully saturated rings. The van der Waals surface area contributed by atoms with E-state index in [1.807, 2.05) is 18.2 Å². The molecule has 1 aliphatic heterocycles. The topological polar surface area (TPSA) is 32.3 Å². The number of carbonyl (C=O) groups is 1. The number of rotatable bonds is 2. The highest BCUT2D eigenvalue weighted by molar-refractivity contribution is 9.10. The minimum Gasteiger partial charge on any atom is -0.348 e. The van der Waals surface area contributed by atoms with E-state index >= 15 is 0 Å². The number of likely N-dealkylation sites (tertiary alicyclic amines) is 1. The third-order valence-electron chi connectivity index (χ3n) is 3.85. The molecule has 1 aromatic heterocycles. The van der Waals surface area contributed by atoms with E-state index in [1.165, 1.54) is 11.3 Å². The standard InChI is InChI=1S/C15H16BrClN2OS/c1-19-6-4-10(5-7-19)18-15(20)14-13(17)11-3-2-9(16)8-12(11)21-14/h2-3,8,10H,4-7H2,1H3,(H,18,20). The number of hydrogen-bond acceptors (Lipinski definition) is 3. The van der Waals surface area contributed by atoms with Crippen LogP contribution in [0.2, 0.25) is 5.02 Å². The molecule has 0 saturated carbocycles. The van der Waals surface area contributed by atoms with Gasteiger partial charge in [0, 0.05) is 20.6 Å². The van der Waals surface area contributed by atoms with Crippen molar-refractivity contribution in [3.8, 4) is 0 Å². The largest absolute Gasteiger partial charge is 0.348 e. The van der Waals surface area contributed by atoms with Gasteiger partial charge in [-0.1, -0.05) is 33.6 Å². The lowest BCUT2D eigenvalue weighted by Gasteiger charge is -2.29. The predicted octanol–water partition coefficient (Wildman–Crippen LogP) is 4.14. The number of halogens is 2. The number of nitrogens with zero attached hydrogens (tertiary/aromatic N) is 1. The molecule has 1 N–H and O–H groups in total. The summed E-state index contributed by atoms with van der Waals surface area (Å²) in [6.07, 6.45) is 1.99. The first-order chi connectivity index (χ1) is 10.0. The van der Waals surface area contributed by atoms with Crippen LogP contribution >= 0.6 is 38.9 Å². The Morgan fingerprint density at radius 2 is 2.14 bits per heavy atom. The summed E-state index contributed by atoms with van der Waals surface area (Å²) in [5.74, 6) is -0.0492. The molecule has 1 aliphatic rings. The molecule has 1 amide bonds. The quantitative estimate of drug-likeness (QED) is 0.840. The maximum Gasteiger partial charge on any atom is 0.263 e. The summed E-state index contributed by atoms with van der Waals surface area (Å²) in [4.78, 5) is 15.4. The van der Waals surface area contributed by atoms with Crippen molar-refractivity contribution in [2.24, 2.45) is 0 Å². The summed E-state index contributed by atoms with van der Waals surface area (Å²) in [6, 6.07) is 6.14. The van der Waals surface area contributed by atoms with Gasteiger partial charge >= 0.3 is 0 Å². The van der Waals surface area contributed by atoms with Gasteiger partial charge in [-0.15, -0.1) is 11.3 Å². The van der Waals surface area contributed by atoms with Gasteiger partial charge in [-0.05, 0) is 45.1 Å². The number of nitrogens with one attached hydrogen (secondary N) is 1. The second-order valence-electron chi connectivity index (χ2n) is 5.44. The lowest BCUT2D eigenvalue weighted by Crippen LogP contribution is -2.43. The summed E-state index contributed by atoms with van der Waals surface area (Å²) in [6.45, 7) is 2.05. The molecule has 0 radical (unpaired) electrons. The number of carbonyl (C=O) groups excluding carboxylic acids is 1. The van der Waals surface area contributed by atoms with Crippen LogP contribution in [0, 0.1) is 0 Å². The lowest BCUT2D eigenvalue weighted by molar-refractivity contribution is 0.0921. The highest BCUT2D eigenvalue weighted by atomic mass is 79.9. The van der Waals surface area contributed by atoms with E-state index in [0.717, 1.165) is 40.5 Å². The van der Waals surface area contributed by atoms with Crippen molar-refractivity contribution in [1.82, 2.24) is 10.2 Å². The second-order valence-corrected chi connectivity index (χ2v) is 7.78. The minimum atomic E-state index is -0.0492. The summed E-state index contributed by atoms with van der Waals surface area (Å²) in [5.41, 5.74) is 0. The highest BCUT2D eigenvalue weighted by Gasteiger charge is 2.22. The van der Waals surface area contributed by atoms with Gasteiger partial charge in [0.15, 0.2) is 0 Å². The van der Waals surface area contributed by atoms with Crippen LogP contribution in [-0.2, 0) is 0 Å². The first-order valence-electron chi connectivity index (χ1n) is 6.91. The Labute approximate surface area is 141 Å². The van der Waals surface area contributed by atoms with Crippen molar-refractivity contribution in [3.05, 3.63) is 32.6 Å². The number of benzene rings is 1. The van der Waals surface area contributed by atoms with Gasteiger partial charge in [0.2, 0.25) is 0 Å². The maximum absolute atomic E-state index is 12.5. The second kappa shape index (κ2) is 6.24. The minimum absolute atomic E-state index is 0.0492. The molecular weight excluding hydrogens is 372 g/mol. The molecule has 3 rings (SSSR count). The number of thiophene rings is 1. The predicted molar refractivity (Wildman–Crippen MR) is 92.5 cm³/mol. The van der Waals surface area contributed by atoms with E-state index in [0.29, 0.717) is 9.90 Å². The normalized spacial score (nSPS) is 17.3. The summed E-state index contributed by atoms with van der Waals surface area (Å²) >= 11 is 11.3. The van der Waals surface area contributed by atoms with Crippen LogP contribution in [-0.4, -0.2) is 37.0 Å². The lowest BCUT2D eigenvalue weighted by atomic mass is 10.1. The Kier molecular flexibility index (Phi) is 4.54. The Morgan fingerprint density at radius 3 is 2.86 bits per heavy atom. The average molecular weight is 388 g/mol. The molecule has 3 nitrogen and oxygen atoms in total. The van der Waals surface area contributed by atoms with Crippen molar-refractivity contribution < 1.29 is 4.79 Å². The van der Waals surface area contributed by atoms with E-state index < -0.39 is 0 Å². The van der Waals surface area contributed by atoms with Gasteiger partial charge in [-0.2, -0.15) is 0 Å². The molecule has 2 aromatic rings. The number of amides is 1. The summed E-state index contributed by atoms with van der Waals surface area (Å²) in [7, 11) is 2.11. The van der Waals surface area contributed by atoms with E-state index in [4.69, 9.17) is 11.6 Å². The SMILES string of the molecule is CN1CCC(NC(=O)c2sc3cc(Br)ccc3c2Cl)CC1. The average Bonchev–Trinajstić information content (AvgIpc) is 2.78. The van der Waals surface area contributed by atoms with Crippen molar-refractivity contribution in [1.29, 1.82) is 0 Å². The molecule has 0 atom stereocenters. The van der Waals surface area contributed by atoms with Crippen LogP contribution in [0.25, 0.3) is 10.1 Å². The van der Waals surface area contributed by atoms with Gasteiger partial charge in [0.1, 0.15) is 4.88 Å². The van der Waals surface area contributed by atoms with Gasteiger partial charge in [0.25, 0.3) is 5.91 Å². The first-order valence-corrected chi connectivity index (χ1v) is 8.90. The fourth-order valence-corrected chi connectivity index (χ4v) is 4.56. The third kappa shape index (κ3) is 3.26. The van der Waals surface area contributed by atoms with Gasteiger partial charge in [-0.3, -0.25) is 4.79 Å². The van der Waals surface area contributed by atoms with Gasteiger partial charge in [0.05, 0.1) is 5.02 Å². The summed E-state index contributed by atoms with van der Waals surface area (Å²) < 4.78 is 2.03. The van der Waals surface area contributed by atoms with Gasteiger partial charge in [-0.25, -0.2) is 0 Å². The molecule has 6 heteroatoms. The Hall–Kier alpha value is -0.620. The molecule has 0 aliphatic carbocycles. The number of piperidine rings is 1. The summed E-state index contributed by atoms with van der Waals surface area (Å²) in [5, 5.41) is 4.63. The number of hydrogen-bond donors (Lipinski definition) is 1. The van der Waals surface area contributed by atoms with Gasteiger partial charge < -0.3 is 10.2 Å². The van der Waals surface area contributed by atoms with Crippen LogP contribution in [0.15, 0.2) is 22.7 Å². The number of fused-ring (bicyclic) bond motifs is 1. The zero-order valence-electron chi connectivity index (χ0n) is 11.7. The zero-order chi connectivity index (χ0) is 15.0. The van der Waals surface area contributed by atoms with E-state index in [-0.39, 0.29) is 11.9 Å². The van der Waals surface area contributed by atoms with Crippen molar-refractivity contribution >= 4 is 54.9 Å². The maximum atomic E-state index is 12.5. The molecule has 0 bridgehead atoms. The van der Waals surface area contributed by atoms with Crippen LogP contribution in [0.4, 0.5) is 0 Å². The zero-order valence-corrected chi connectivity index (χ0v) is 14.8. The first kappa shape index (κ1) is 15.3. The molecule has 0 unspecified atom stereocenters. The highest BCUT2D eigenvalue weighted by Crippen LogP contribution is 2.36. The van der Waals surface area contributed by atoms with Crippen LogP contribution < -0.4 is 5.32 Å². The molecule has 2 heterocycles. The van der Waals surface area contributed by atoms with Crippen molar-refractivity contribution in [3.63, 3.8) is 0 Å². The Morgan fingerprint density at radius 1 is 1.43 bits per heavy atom. The molecule has 0 spiro atoms. The van der Waals surface area contributed by atoms with Crippen LogP contribution in [0.5, 0.6) is 0 Å². The molecule has 112 valence electrons. The molecule has 1 saturated heterocycles. The Balaban J connectivity index is 1.80. The molecular formula is C15H16BrClN2OS. The Bertz CT molecular complexity index is 680. The molecule has 1 aromatic carbocycles. The fraction of sp³-hybridized carbons (Fsp3) is 0.400. The molecule has 21 heavy (non-hydrogen) atoms. The van der Waals surface area contributed by atoms with Crippen LogP contribution in [0.1, 0.15) is 22.5 Å². The van der Waals surface area contributed by atoms with E-state index in [9.17, 15) is 4.79 Å². The smallest absolute Gasteiger partial charge is 0.263 e. The van der Waals surface area contributed by atoms with Crippen molar-refractivity contribution in [2.75, 3.05) is 20.1 Å². The monoisotopic (exact) mass is 386 g/mol. The van der Waals surface area contributed by atoms with E-state index in [2.05, 4.69) is 33.2 Å². The third-order valence-corrected chi connectivity index (χ3v) is 6.00. The van der Waals surface area contributed by atoms with Crippen molar-refractivity contribution in [2.45, 2.75) is 18.9 Å². The van der Waals surface area contributed by atoms with E-state index in [1.54, 1.807) is 0 Å².